The van der Waals surface area contributed by atoms with Crippen LogP contribution < -0.4 is 20.7 Å². The molecule has 0 fully saturated rings. The number of rotatable bonds is 5. The van der Waals surface area contributed by atoms with Gasteiger partial charge in [-0.1, -0.05) is 127 Å². The Morgan fingerprint density at radius 1 is 0.447 bits per heavy atom. The van der Waals surface area contributed by atoms with E-state index in [1.807, 2.05) is 12.1 Å². The van der Waals surface area contributed by atoms with Gasteiger partial charge in [0.15, 0.2) is 8.07 Å². The van der Waals surface area contributed by atoms with E-state index in [0.717, 1.165) is 49.4 Å². The molecule has 0 bridgehead atoms. The number of benzene rings is 7. The molecule has 47 heavy (non-hydrogen) atoms. The van der Waals surface area contributed by atoms with Gasteiger partial charge < -0.3 is 8.98 Å². The van der Waals surface area contributed by atoms with E-state index in [1.54, 1.807) is 0 Å². The van der Waals surface area contributed by atoms with Crippen molar-refractivity contribution < 1.29 is 4.42 Å². The highest BCUT2D eigenvalue weighted by molar-refractivity contribution is 7.20. The maximum Gasteiger partial charge on any atom is 0.179 e. The van der Waals surface area contributed by atoms with Gasteiger partial charge in [0.1, 0.15) is 11.2 Å². The monoisotopic (exact) mass is 616 g/mol. The maximum atomic E-state index is 9.74. The zero-order valence-electron chi connectivity index (χ0n) is 25.5. The molecule has 0 atom stereocenters. The molecule has 9 rings (SSSR count). The number of furan rings is 1. The highest BCUT2D eigenvalue weighted by Gasteiger charge is 2.41. The molecule has 0 amide bonds. The van der Waals surface area contributed by atoms with Crippen LogP contribution in [-0.4, -0.2) is 12.6 Å². The van der Waals surface area contributed by atoms with Crippen molar-refractivity contribution in [2.45, 2.75) is 0 Å². The van der Waals surface area contributed by atoms with Crippen molar-refractivity contribution in [2.75, 3.05) is 0 Å². The molecule has 2 aromatic heterocycles. The van der Waals surface area contributed by atoms with Crippen molar-refractivity contribution in [1.82, 2.24) is 4.57 Å². The number of para-hydroxylation sites is 1. The summed E-state index contributed by atoms with van der Waals surface area (Å²) in [6, 6.07) is 63.0. The van der Waals surface area contributed by atoms with Gasteiger partial charge in [0, 0.05) is 27.2 Å². The molecule has 220 valence electrons. The third kappa shape index (κ3) is 4.11. The average molecular weight is 617 g/mol. The second kappa shape index (κ2) is 10.7. The minimum Gasteiger partial charge on any atom is -0.456 e. The molecule has 0 aliphatic carbocycles. The Balaban J connectivity index is 1.34. The third-order valence-electron chi connectivity index (χ3n) is 9.57. The third-order valence-corrected chi connectivity index (χ3v) is 14.3. The number of aromatic nitrogens is 1. The summed E-state index contributed by atoms with van der Waals surface area (Å²) < 4.78 is 8.75. The minimum atomic E-state index is -2.71. The van der Waals surface area contributed by atoms with Crippen LogP contribution in [0.15, 0.2) is 174 Å². The first-order valence-corrected chi connectivity index (χ1v) is 17.8. The van der Waals surface area contributed by atoms with Crippen molar-refractivity contribution in [3.05, 3.63) is 175 Å². The zero-order valence-corrected chi connectivity index (χ0v) is 26.5. The maximum absolute atomic E-state index is 9.74. The summed E-state index contributed by atoms with van der Waals surface area (Å²) in [7, 11) is -2.71. The molecular weight excluding hydrogens is 589 g/mol. The first-order chi connectivity index (χ1) is 23.3. The Morgan fingerprint density at radius 2 is 1.00 bits per heavy atom. The molecular formula is C43H28N2OSi. The SMILES string of the molecule is N#Cc1ccc2c3ccccc3n(-c3ccc4oc5ccc([Si](c6ccccc6)(c6ccccc6)c6ccccc6)cc5c4c3)c2c1. The summed E-state index contributed by atoms with van der Waals surface area (Å²) in [5.41, 5.74) is 5.52. The zero-order chi connectivity index (χ0) is 31.4. The molecule has 0 saturated carbocycles. The topological polar surface area (TPSA) is 41.9 Å². The van der Waals surface area contributed by atoms with Gasteiger partial charge in [-0.2, -0.15) is 5.26 Å². The summed E-state index contributed by atoms with van der Waals surface area (Å²) in [5.74, 6) is 0. The Hall–Kier alpha value is -6.15. The van der Waals surface area contributed by atoms with Crippen LogP contribution >= 0.6 is 0 Å². The fourth-order valence-electron chi connectivity index (χ4n) is 7.52. The summed E-state index contributed by atoms with van der Waals surface area (Å²) >= 11 is 0. The molecule has 0 aliphatic rings. The molecule has 0 unspecified atom stereocenters. The van der Waals surface area contributed by atoms with Gasteiger partial charge in [-0.3, -0.25) is 0 Å². The van der Waals surface area contributed by atoms with Gasteiger partial charge in [0.2, 0.25) is 0 Å². The van der Waals surface area contributed by atoms with Crippen LogP contribution in [-0.2, 0) is 0 Å². The largest absolute Gasteiger partial charge is 0.456 e. The van der Waals surface area contributed by atoms with Gasteiger partial charge in [0.05, 0.1) is 22.7 Å². The number of nitriles is 1. The Labute approximate surface area is 273 Å². The molecule has 3 nitrogen and oxygen atoms in total. The van der Waals surface area contributed by atoms with Gasteiger partial charge in [-0.15, -0.1) is 0 Å². The fraction of sp³-hybridized carbons (Fsp3) is 0. The smallest absolute Gasteiger partial charge is 0.179 e. The van der Waals surface area contributed by atoms with Gasteiger partial charge >= 0.3 is 0 Å². The standard InChI is InChI=1S/C43H28N2OSi/c44-29-30-20-23-37-36-18-10-11-19-40(36)45(41(37)26-30)31-21-24-42-38(27-31)39-28-35(22-25-43(39)46-42)47(32-12-4-1-5-13-32,33-14-6-2-7-15-33)34-16-8-3-9-17-34/h1-28H. The normalized spacial score (nSPS) is 11.8. The molecule has 0 spiro atoms. The highest BCUT2D eigenvalue weighted by Crippen LogP contribution is 2.35. The average Bonchev–Trinajstić information content (AvgIpc) is 3.68. The Morgan fingerprint density at radius 3 is 1.64 bits per heavy atom. The van der Waals surface area contributed by atoms with Crippen LogP contribution in [0.4, 0.5) is 0 Å². The van der Waals surface area contributed by atoms with Crippen LogP contribution in [0.5, 0.6) is 0 Å². The van der Waals surface area contributed by atoms with Crippen molar-refractivity contribution in [2.24, 2.45) is 0 Å². The molecule has 0 aliphatic heterocycles. The van der Waals surface area contributed by atoms with Gasteiger partial charge in [-0.05, 0) is 63.2 Å². The molecule has 0 N–H and O–H groups in total. The quantitative estimate of drug-likeness (QED) is 0.146. The van der Waals surface area contributed by atoms with Crippen LogP contribution in [0.25, 0.3) is 49.4 Å². The lowest BCUT2D eigenvalue weighted by molar-refractivity contribution is 0.669. The number of nitrogens with zero attached hydrogens (tertiary/aromatic N) is 2. The van der Waals surface area contributed by atoms with Crippen molar-refractivity contribution in [3.63, 3.8) is 0 Å². The lowest BCUT2D eigenvalue weighted by Crippen LogP contribution is -2.74. The minimum absolute atomic E-state index is 0.644. The van der Waals surface area contributed by atoms with Crippen molar-refractivity contribution >= 4 is 72.6 Å². The summed E-state index contributed by atoms with van der Waals surface area (Å²) in [6.45, 7) is 0. The molecule has 0 radical (unpaired) electrons. The van der Waals surface area contributed by atoms with Crippen molar-refractivity contribution in [3.8, 4) is 11.8 Å². The second-order valence-electron chi connectivity index (χ2n) is 12.0. The van der Waals surface area contributed by atoms with E-state index in [9.17, 15) is 5.26 Å². The first kappa shape index (κ1) is 27.2. The predicted octanol–water partition coefficient (Wildman–Crippen LogP) is 7.93. The van der Waals surface area contributed by atoms with E-state index < -0.39 is 8.07 Å². The van der Waals surface area contributed by atoms with Crippen LogP contribution in [0, 0.1) is 11.3 Å². The number of fused-ring (bicyclic) bond motifs is 6. The van der Waals surface area contributed by atoms with E-state index in [0.29, 0.717) is 5.56 Å². The summed E-state index contributed by atoms with van der Waals surface area (Å²) in [5, 5.41) is 19.5. The fourth-order valence-corrected chi connectivity index (χ4v) is 12.3. The van der Waals surface area contributed by atoms with Crippen LogP contribution in [0.1, 0.15) is 5.56 Å². The van der Waals surface area contributed by atoms with Gasteiger partial charge in [0.25, 0.3) is 0 Å². The van der Waals surface area contributed by atoms with E-state index in [4.69, 9.17) is 4.42 Å². The number of hydrogen-bond donors (Lipinski definition) is 0. The molecule has 2 heterocycles. The van der Waals surface area contributed by atoms with Crippen LogP contribution in [0.2, 0.25) is 0 Å². The lowest BCUT2D eigenvalue weighted by atomic mass is 10.1. The van der Waals surface area contributed by atoms with E-state index >= 15 is 0 Å². The predicted molar refractivity (Wildman–Crippen MR) is 196 cm³/mol. The molecule has 0 saturated heterocycles. The molecule has 4 heteroatoms. The lowest BCUT2D eigenvalue weighted by Gasteiger charge is -2.34. The summed E-state index contributed by atoms with van der Waals surface area (Å²) in [4.78, 5) is 0. The Bertz CT molecular complexity index is 2530. The molecule has 9 aromatic rings. The van der Waals surface area contributed by atoms with E-state index in [1.165, 1.54) is 20.7 Å². The summed E-state index contributed by atoms with van der Waals surface area (Å²) in [6.07, 6.45) is 0. The van der Waals surface area contributed by atoms with E-state index in [2.05, 4.69) is 168 Å². The van der Waals surface area contributed by atoms with Crippen LogP contribution in [0.3, 0.4) is 0 Å². The number of hydrogen-bond acceptors (Lipinski definition) is 2. The molecule has 7 aromatic carbocycles. The first-order valence-electron chi connectivity index (χ1n) is 15.8. The van der Waals surface area contributed by atoms with Gasteiger partial charge in [-0.25, -0.2) is 0 Å². The van der Waals surface area contributed by atoms with Crippen molar-refractivity contribution in [1.29, 1.82) is 5.26 Å². The Kier molecular flexibility index (Phi) is 6.21. The second-order valence-corrected chi connectivity index (χ2v) is 15.8. The van der Waals surface area contributed by atoms with E-state index in [-0.39, 0.29) is 0 Å². The highest BCUT2D eigenvalue weighted by atomic mass is 28.3.